The first kappa shape index (κ1) is 30.2. The van der Waals surface area contributed by atoms with E-state index in [0.717, 1.165) is 65.7 Å². The van der Waals surface area contributed by atoms with Crippen LogP contribution in [0.5, 0.6) is 0 Å². The predicted molar refractivity (Wildman–Crippen MR) is 169 cm³/mol. The second-order valence-corrected chi connectivity index (χ2v) is 15.8. The van der Waals surface area contributed by atoms with E-state index in [1.807, 2.05) is 12.1 Å². The Morgan fingerprint density at radius 2 is 1.80 bits per heavy atom. The van der Waals surface area contributed by atoms with Gasteiger partial charge < -0.3 is 10.1 Å². The molecule has 40 heavy (non-hydrogen) atoms. The van der Waals surface area contributed by atoms with E-state index in [9.17, 15) is 4.79 Å². The summed E-state index contributed by atoms with van der Waals surface area (Å²) in [6.07, 6.45) is 17.4. The van der Waals surface area contributed by atoms with Gasteiger partial charge in [0.05, 0.1) is 0 Å². The first-order chi connectivity index (χ1) is 19.1. The van der Waals surface area contributed by atoms with E-state index < -0.39 is 0 Å². The van der Waals surface area contributed by atoms with Gasteiger partial charge in [0.2, 0.25) is 0 Å². The fraction of sp³-hybridized carbons (Fsp3) is 0.750. The molecule has 5 rings (SSSR count). The van der Waals surface area contributed by atoms with Crippen molar-refractivity contribution in [3.8, 4) is 0 Å². The number of carbonyl (C=O) groups is 1. The van der Waals surface area contributed by atoms with Crippen molar-refractivity contribution >= 4 is 22.0 Å². The highest BCUT2D eigenvalue weighted by Crippen LogP contribution is 2.67. The van der Waals surface area contributed by atoms with Gasteiger partial charge >= 0.3 is 6.09 Å². The second-order valence-electron chi connectivity index (χ2n) is 14.9. The van der Waals surface area contributed by atoms with Crippen molar-refractivity contribution in [2.75, 3.05) is 6.54 Å². The molecule has 4 heteroatoms. The number of rotatable bonds is 9. The molecule has 8 atom stereocenters. The van der Waals surface area contributed by atoms with Crippen molar-refractivity contribution in [3.63, 3.8) is 0 Å². The Labute approximate surface area is 252 Å². The second kappa shape index (κ2) is 12.5. The average Bonchev–Trinajstić information content (AvgIpc) is 3.27. The number of hydrogen-bond donors (Lipinski definition) is 1. The number of ether oxygens (including phenoxy) is 1. The Hall–Kier alpha value is -1.29. The number of allylic oxidation sites excluding steroid dienone is 1. The Kier molecular flexibility index (Phi) is 9.45. The van der Waals surface area contributed by atoms with Gasteiger partial charge in [0.25, 0.3) is 0 Å². The summed E-state index contributed by atoms with van der Waals surface area (Å²) in [6, 6.07) is 8.27. The number of amides is 1. The topological polar surface area (TPSA) is 38.3 Å². The van der Waals surface area contributed by atoms with Crippen molar-refractivity contribution < 1.29 is 9.53 Å². The first-order valence-corrected chi connectivity index (χ1v) is 17.3. The molecule has 3 nitrogen and oxygen atoms in total. The van der Waals surface area contributed by atoms with E-state index in [-0.39, 0.29) is 12.2 Å². The summed E-state index contributed by atoms with van der Waals surface area (Å²) >= 11 is 3.48. The largest absolute Gasteiger partial charge is 0.446 e. The van der Waals surface area contributed by atoms with Crippen LogP contribution < -0.4 is 5.32 Å². The smallest absolute Gasteiger partial charge is 0.407 e. The molecule has 3 fully saturated rings. The lowest BCUT2D eigenvalue weighted by molar-refractivity contribution is -0.0581. The molecular formula is C36H54BrNO2. The van der Waals surface area contributed by atoms with Crippen molar-refractivity contribution in [2.45, 2.75) is 118 Å². The Balaban J connectivity index is 1.15. The lowest BCUT2D eigenvalue weighted by Gasteiger charge is -2.58. The van der Waals surface area contributed by atoms with Crippen LogP contribution in [0.4, 0.5) is 4.79 Å². The molecule has 0 bridgehead atoms. The van der Waals surface area contributed by atoms with Gasteiger partial charge in [-0.3, -0.25) is 0 Å². The standard InChI is InChI=1S/C36H54BrNO2/c1-24(2)7-6-8-25(3)31-15-16-32-30-14-11-27-23-29(17-20-35(27,4)33(30)18-21-36(31,32)5)40-34(39)38-22-19-26-9-12-28(37)13-10-26/h9-13,24-25,29-33H,6-8,14-23H2,1-5H3,(H,38,39)/t25-,29?,30?,31?,32?,33?,35+,36?/m1/s1. The third kappa shape index (κ3) is 6.23. The third-order valence-electron chi connectivity index (χ3n) is 12.1. The molecule has 222 valence electrons. The minimum Gasteiger partial charge on any atom is -0.446 e. The maximum atomic E-state index is 12.6. The minimum absolute atomic E-state index is 0.0139. The van der Waals surface area contributed by atoms with Crippen LogP contribution in [-0.2, 0) is 11.2 Å². The summed E-state index contributed by atoms with van der Waals surface area (Å²) in [5.41, 5.74) is 3.64. The van der Waals surface area contributed by atoms with Crippen LogP contribution in [0.2, 0.25) is 0 Å². The van der Waals surface area contributed by atoms with Gasteiger partial charge in [-0.2, -0.15) is 0 Å². The SMILES string of the molecule is CC(C)CCC[C@@H](C)C1CCC2C3CC=C4CC(OC(=O)NCCc5ccc(Br)cc5)CC[C@]4(C)C3CCC21C. The van der Waals surface area contributed by atoms with Crippen LogP contribution in [0.1, 0.15) is 111 Å². The molecule has 6 unspecified atom stereocenters. The highest BCUT2D eigenvalue weighted by atomic mass is 79.9. The van der Waals surface area contributed by atoms with Gasteiger partial charge in [-0.25, -0.2) is 4.79 Å². The highest BCUT2D eigenvalue weighted by Gasteiger charge is 2.59. The number of halogens is 1. The molecule has 3 saturated carbocycles. The number of nitrogens with one attached hydrogen (secondary N) is 1. The molecule has 0 spiro atoms. The normalized spacial score (nSPS) is 35.8. The Morgan fingerprint density at radius 3 is 2.55 bits per heavy atom. The Morgan fingerprint density at radius 1 is 1.02 bits per heavy atom. The fourth-order valence-electron chi connectivity index (χ4n) is 9.91. The lowest BCUT2D eigenvalue weighted by Crippen LogP contribution is -2.51. The molecule has 1 N–H and O–H groups in total. The molecule has 1 aromatic rings. The zero-order valence-corrected chi connectivity index (χ0v) is 27.4. The average molecular weight is 613 g/mol. The maximum absolute atomic E-state index is 12.6. The number of alkyl carbamates (subject to hydrolysis) is 1. The third-order valence-corrected chi connectivity index (χ3v) is 12.7. The molecule has 0 saturated heterocycles. The Bertz CT molecular complexity index is 1050. The van der Waals surface area contributed by atoms with Gasteiger partial charge in [0.15, 0.2) is 0 Å². The van der Waals surface area contributed by atoms with Crippen molar-refractivity contribution in [3.05, 3.63) is 46.0 Å². The van der Waals surface area contributed by atoms with Crippen LogP contribution in [0.15, 0.2) is 40.4 Å². The summed E-state index contributed by atoms with van der Waals surface area (Å²) < 4.78 is 7.03. The lowest BCUT2D eigenvalue weighted by atomic mass is 9.47. The van der Waals surface area contributed by atoms with E-state index in [1.54, 1.807) is 5.57 Å². The summed E-state index contributed by atoms with van der Waals surface area (Å²) in [4.78, 5) is 12.6. The van der Waals surface area contributed by atoms with Crippen molar-refractivity contribution in [1.29, 1.82) is 0 Å². The summed E-state index contributed by atoms with van der Waals surface area (Å²) in [6.45, 7) is 13.2. The number of fused-ring (bicyclic) bond motifs is 5. The van der Waals surface area contributed by atoms with E-state index in [4.69, 9.17) is 4.74 Å². The van der Waals surface area contributed by atoms with Crippen LogP contribution in [0.25, 0.3) is 0 Å². The maximum Gasteiger partial charge on any atom is 0.407 e. The van der Waals surface area contributed by atoms with Gasteiger partial charge in [0, 0.05) is 17.4 Å². The van der Waals surface area contributed by atoms with Crippen LogP contribution in [0.3, 0.4) is 0 Å². The monoisotopic (exact) mass is 611 g/mol. The number of benzene rings is 1. The van der Waals surface area contributed by atoms with Crippen molar-refractivity contribution in [1.82, 2.24) is 5.32 Å². The molecule has 4 aliphatic rings. The minimum atomic E-state index is -0.257. The van der Waals surface area contributed by atoms with Crippen LogP contribution >= 0.6 is 15.9 Å². The molecule has 0 aliphatic heterocycles. The van der Waals surface area contributed by atoms with Crippen LogP contribution in [-0.4, -0.2) is 18.7 Å². The number of hydrogen-bond acceptors (Lipinski definition) is 2. The fourth-order valence-corrected chi connectivity index (χ4v) is 10.2. The molecule has 0 aromatic heterocycles. The van der Waals surface area contributed by atoms with Gasteiger partial charge in [-0.15, -0.1) is 0 Å². The summed E-state index contributed by atoms with van der Waals surface area (Å²) in [7, 11) is 0. The molecule has 0 heterocycles. The van der Waals surface area contributed by atoms with Crippen molar-refractivity contribution in [2.24, 2.45) is 46.3 Å². The highest BCUT2D eigenvalue weighted by molar-refractivity contribution is 9.10. The summed E-state index contributed by atoms with van der Waals surface area (Å²) in [5.74, 6) is 5.15. The van der Waals surface area contributed by atoms with E-state index in [1.165, 1.54) is 56.9 Å². The molecule has 1 amide bonds. The van der Waals surface area contributed by atoms with Crippen LogP contribution in [0, 0.1) is 46.3 Å². The summed E-state index contributed by atoms with van der Waals surface area (Å²) in [5, 5.41) is 2.99. The van der Waals surface area contributed by atoms with E-state index in [2.05, 4.69) is 74.1 Å². The zero-order chi connectivity index (χ0) is 28.5. The van der Waals surface area contributed by atoms with Gasteiger partial charge in [-0.05, 0) is 115 Å². The molecular weight excluding hydrogens is 558 g/mol. The molecule has 0 radical (unpaired) electrons. The van der Waals surface area contributed by atoms with E-state index >= 15 is 0 Å². The first-order valence-electron chi connectivity index (χ1n) is 16.5. The van der Waals surface area contributed by atoms with Gasteiger partial charge in [-0.1, -0.05) is 93.6 Å². The number of carbonyl (C=O) groups excluding carboxylic acids is 1. The predicted octanol–water partition coefficient (Wildman–Crippen LogP) is 10.1. The van der Waals surface area contributed by atoms with Gasteiger partial charge in [0.1, 0.15) is 6.10 Å². The zero-order valence-electron chi connectivity index (χ0n) is 25.8. The molecule has 4 aliphatic carbocycles. The quantitative estimate of drug-likeness (QED) is 0.282. The molecule has 1 aromatic carbocycles. The van der Waals surface area contributed by atoms with E-state index in [0.29, 0.717) is 17.4 Å².